The Bertz CT molecular complexity index is 798. The number of ether oxygens (including phenoxy) is 2. The summed E-state index contributed by atoms with van der Waals surface area (Å²) < 4.78 is 10.4. The monoisotopic (exact) mass is 354 g/mol. The van der Waals surface area contributed by atoms with Crippen LogP contribution in [-0.2, 0) is 9.59 Å². The van der Waals surface area contributed by atoms with Crippen LogP contribution in [0, 0.1) is 0 Å². The van der Waals surface area contributed by atoms with E-state index in [1.54, 1.807) is 63.6 Å². The number of carbonyl (C=O) groups is 2. The molecule has 2 N–H and O–H groups in total. The largest absolute Gasteiger partial charge is 0.497 e. The summed E-state index contributed by atoms with van der Waals surface area (Å²) in [5.74, 6) is 0.967. The number of nitrogens with one attached hydrogen (secondary N) is 2. The van der Waals surface area contributed by atoms with Crippen molar-refractivity contribution < 1.29 is 19.1 Å². The average Bonchev–Trinajstić information content (AvgIpc) is 2.67. The Balaban J connectivity index is 2.00. The second kappa shape index (κ2) is 9.27. The topological polar surface area (TPSA) is 76.7 Å². The maximum atomic E-state index is 12.1. The van der Waals surface area contributed by atoms with E-state index in [-0.39, 0.29) is 11.8 Å². The van der Waals surface area contributed by atoms with E-state index in [0.717, 1.165) is 5.56 Å². The lowest BCUT2D eigenvalue weighted by molar-refractivity contribution is -0.116. The van der Waals surface area contributed by atoms with E-state index in [9.17, 15) is 9.59 Å². The number of amides is 2. The third kappa shape index (κ3) is 5.37. The van der Waals surface area contributed by atoms with Crippen LogP contribution in [0.4, 0.5) is 11.4 Å². The number of hydrogen-bond acceptors (Lipinski definition) is 4. The number of carbonyl (C=O) groups excluding carboxylic acids is 2. The molecule has 6 heteroatoms. The fourth-order valence-corrected chi connectivity index (χ4v) is 2.19. The normalized spacial score (nSPS) is 10.4. The van der Waals surface area contributed by atoms with Crippen molar-refractivity contribution in [1.82, 2.24) is 0 Å². The summed E-state index contributed by atoms with van der Waals surface area (Å²) in [6, 6.07) is 12.3. The summed E-state index contributed by atoms with van der Waals surface area (Å²) in [7, 11) is 3.14. The Morgan fingerprint density at radius 1 is 0.962 bits per heavy atom. The van der Waals surface area contributed by atoms with Crippen LogP contribution in [0.2, 0.25) is 0 Å². The Kier molecular flexibility index (Phi) is 6.79. The van der Waals surface area contributed by atoms with Gasteiger partial charge in [0.2, 0.25) is 11.8 Å². The van der Waals surface area contributed by atoms with Crippen molar-refractivity contribution in [3.8, 4) is 11.5 Å². The highest BCUT2D eigenvalue weighted by atomic mass is 16.5. The van der Waals surface area contributed by atoms with Crippen molar-refractivity contribution in [2.45, 2.75) is 13.3 Å². The highest BCUT2D eigenvalue weighted by Crippen LogP contribution is 2.25. The molecule has 0 aromatic heterocycles. The highest BCUT2D eigenvalue weighted by Gasteiger charge is 2.04. The molecule has 0 radical (unpaired) electrons. The fourth-order valence-electron chi connectivity index (χ4n) is 2.19. The Morgan fingerprint density at radius 2 is 1.62 bits per heavy atom. The van der Waals surface area contributed by atoms with Crippen LogP contribution < -0.4 is 20.1 Å². The minimum absolute atomic E-state index is 0.0573. The number of hydrogen-bond donors (Lipinski definition) is 2. The van der Waals surface area contributed by atoms with E-state index in [4.69, 9.17) is 9.47 Å². The SMILES string of the molecule is CCC(=O)Nc1ccc(NC(=O)/C=C/c2ccc(OC)cc2OC)cc1. The van der Waals surface area contributed by atoms with Gasteiger partial charge in [-0.15, -0.1) is 0 Å². The standard InChI is InChI=1S/C20H22N2O4/c1-4-19(23)21-15-7-9-16(10-8-15)22-20(24)12-6-14-5-11-17(25-2)13-18(14)26-3/h5-13H,4H2,1-3H3,(H,21,23)(H,22,24)/b12-6+. The molecule has 0 bridgehead atoms. The molecule has 136 valence electrons. The van der Waals surface area contributed by atoms with E-state index in [0.29, 0.717) is 29.3 Å². The second-order valence-corrected chi connectivity index (χ2v) is 5.41. The fraction of sp³-hybridized carbons (Fsp3) is 0.200. The van der Waals surface area contributed by atoms with Gasteiger partial charge in [0.25, 0.3) is 0 Å². The van der Waals surface area contributed by atoms with Gasteiger partial charge in [-0.1, -0.05) is 6.92 Å². The third-order valence-corrected chi connectivity index (χ3v) is 3.61. The predicted octanol–water partition coefficient (Wildman–Crippen LogP) is 3.70. The van der Waals surface area contributed by atoms with Crippen LogP contribution >= 0.6 is 0 Å². The quantitative estimate of drug-likeness (QED) is 0.743. The Hall–Kier alpha value is -3.28. The van der Waals surface area contributed by atoms with Crippen LogP contribution in [0.1, 0.15) is 18.9 Å². The molecule has 26 heavy (non-hydrogen) atoms. The molecular formula is C20H22N2O4. The molecule has 0 saturated heterocycles. The first-order valence-electron chi connectivity index (χ1n) is 8.16. The smallest absolute Gasteiger partial charge is 0.248 e. The number of rotatable bonds is 7. The van der Waals surface area contributed by atoms with Crippen LogP contribution in [0.5, 0.6) is 11.5 Å². The van der Waals surface area contributed by atoms with Crippen molar-refractivity contribution in [1.29, 1.82) is 0 Å². The molecule has 0 aliphatic rings. The summed E-state index contributed by atoms with van der Waals surface area (Å²) in [5, 5.41) is 5.51. The van der Waals surface area contributed by atoms with Crippen molar-refractivity contribution in [3.05, 3.63) is 54.1 Å². The summed E-state index contributed by atoms with van der Waals surface area (Å²) in [5.41, 5.74) is 2.09. The van der Waals surface area contributed by atoms with Gasteiger partial charge in [-0.25, -0.2) is 0 Å². The molecule has 0 saturated carbocycles. The Labute approximate surface area is 152 Å². The zero-order valence-electron chi connectivity index (χ0n) is 15.0. The van der Waals surface area contributed by atoms with Gasteiger partial charge in [0.1, 0.15) is 11.5 Å². The molecule has 0 atom stereocenters. The molecule has 0 unspecified atom stereocenters. The number of anilines is 2. The van der Waals surface area contributed by atoms with Crippen LogP contribution in [0.15, 0.2) is 48.5 Å². The summed E-state index contributed by atoms with van der Waals surface area (Å²) in [4.78, 5) is 23.4. The molecule has 2 rings (SSSR count). The summed E-state index contributed by atoms with van der Waals surface area (Å²) in [6.07, 6.45) is 3.51. The van der Waals surface area contributed by atoms with E-state index >= 15 is 0 Å². The van der Waals surface area contributed by atoms with Crippen molar-refractivity contribution in [3.63, 3.8) is 0 Å². The van der Waals surface area contributed by atoms with Crippen molar-refractivity contribution >= 4 is 29.3 Å². The van der Waals surface area contributed by atoms with Gasteiger partial charge >= 0.3 is 0 Å². The van der Waals surface area contributed by atoms with Crippen LogP contribution in [-0.4, -0.2) is 26.0 Å². The first kappa shape index (κ1) is 19.1. The lowest BCUT2D eigenvalue weighted by Gasteiger charge is -2.08. The molecule has 0 heterocycles. The average molecular weight is 354 g/mol. The van der Waals surface area contributed by atoms with Crippen LogP contribution in [0.25, 0.3) is 6.08 Å². The van der Waals surface area contributed by atoms with Crippen molar-refractivity contribution in [2.24, 2.45) is 0 Å². The predicted molar refractivity (Wildman–Crippen MR) is 103 cm³/mol. The molecule has 0 spiro atoms. The summed E-state index contributed by atoms with van der Waals surface area (Å²) >= 11 is 0. The van der Waals surface area contributed by atoms with Gasteiger partial charge in [0.05, 0.1) is 14.2 Å². The van der Waals surface area contributed by atoms with Gasteiger partial charge in [-0.05, 0) is 42.5 Å². The molecule has 0 fully saturated rings. The lowest BCUT2D eigenvalue weighted by Crippen LogP contribution is -2.10. The first-order chi connectivity index (χ1) is 12.5. The molecular weight excluding hydrogens is 332 g/mol. The number of benzene rings is 2. The van der Waals surface area contributed by atoms with Gasteiger partial charge in [-0.2, -0.15) is 0 Å². The highest BCUT2D eigenvalue weighted by molar-refractivity contribution is 6.02. The number of methoxy groups -OCH3 is 2. The molecule has 0 aliphatic heterocycles. The zero-order chi connectivity index (χ0) is 18.9. The van der Waals surface area contributed by atoms with Crippen molar-refractivity contribution in [2.75, 3.05) is 24.9 Å². The lowest BCUT2D eigenvalue weighted by atomic mass is 10.1. The Morgan fingerprint density at radius 3 is 2.19 bits per heavy atom. The van der Waals surface area contributed by atoms with Gasteiger partial charge in [0, 0.05) is 35.5 Å². The molecule has 0 aliphatic carbocycles. The van der Waals surface area contributed by atoms with Crippen LogP contribution in [0.3, 0.4) is 0 Å². The maximum absolute atomic E-state index is 12.1. The van der Waals surface area contributed by atoms with E-state index < -0.39 is 0 Å². The maximum Gasteiger partial charge on any atom is 0.248 e. The molecule has 2 aromatic carbocycles. The second-order valence-electron chi connectivity index (χ2n) is 5.41. The first-order valence-corrected chi connectivity index (χ1v) is 8.16. The minimum atomic E-state index is -0.270. The van der Waals surface area contributed by atoms with E-state index in [1.165, 1.54) is 6.08 Å². The summed E-state index contributed by atoms with van der Waals surface area (Å²) in [6.45, 7) is 1.79. The van der Waals surface area contributed by atoms with Gasteiger partial charge in [0.15, 0.2) is 0 Å². The van der Waals surface area contributed by atoms with E-state index in [1.807, 2.05) is 6.07 Å². The van der Waals surface area contributed by atoms with E-state index in [2.05, 4.69) is 10.6 Å². The van der Waals surface area contributed by atoms with Gasteiger partial charge in [-0.3, -0.25) is 9.59 Å². The third-order valence-electron chi connectivity index (χ3n) is 3.61. The minimum Gasteiger partial charge on any atom is -0.497 e. The molecule has 6 nitrogen and oxygen atoms in total. The zero-order valence-corrected chi connectivity index (χ0v) is 15.0. The van der Waals surface area contributed by atoms with Gasteiger partial charge < -0.3 is 20.1 Å². The molecule has 2 aromatic rings. The molecule has 2 amide bonds.